The van der Waals surface area contributed by atoms with E-state index in [1.54, 1.807) is 18.7 Å². The van der Waals surface area contributed by atoms with Gasteiger partial charge in [-0.05, 0) is 43.6 Å². The van der Waals surface area contributed by atoms with E-state index in [-0.39, 0.29) is 21.5 Å². The number of sulfonamides is 1. The van der Waals surface area contributed by atoms with Gasteiger partial charge in [0, 0.05) is 6.04 Å². The Morgan fingerprint density at radius 3 is 2.65 bits per heavy atom. The molecule has 20 heavy (non-hydrogen) atoms. The summed E-state index contributed by atoms with van der Waals surface area (Å²) in [5.41, 5.74) is -0.124. The van der Waals surface area contributed by atoms with Gasteiger partial charge in [0.25, 0.3) is 0 Å². The van der Waals surface area contributed by atoms with Gasteiger partial charge in [-0.2, -0.15) is 11.8 Å². The molecule has 0 radical (unpaired) electrons. The van der Waals surface area contributed by atoms with E-state index in [2.05, 4.69) is 4.72 Å². The number of carbonyl (C=O) groups is 1. The molecule has 112 valence electrons. The Morgan fingerprint density at radius 2 is 2.15 bits per heavy atom. The van der Waals surface area contributed by atoms with Crippen molar-refractivity contribution in [1.82, 2.24) is 4.72 Å². The van der Waals surface area contributed by atoms with Crippen molar-refractivity contribution >= 4 is 39.4 Å². The van der Waals surface area contributed by atoms with Crippen LogP contribution < -0.4 is 4.72 Å². The van der Waals surface area contributed by atoms with Gasteiger partial charge in [-0.3, -0.25) is 0 Å². The molecule has 0 aliphatic heterocycles. The van der Waals surface area contributed by atoms with E-state index >= 15 is 0 Å². The van der Waals surface area contributed by atoms with Gasteiger partial charge in [0.15, 0.2) is 0 Å². The lowest BCUT2D eigenvalue weighted by atomic mass is 10.2. The summed E-state index contributed by atoms with van der Waals surface area (Å²) >= 11 is 7.41. The molecule has 0 aromatic heterocycles. The second-order valence-electron chi connectivity index (χ2n) is 4.25. The smallest absolute Gasteiger partial charge is 0.337 e. The van der Waals surface area contributed by atoms with Gasteiger partial charge in [0.1, 0.15) is 0 Å². The first kappa shape index (κ1) is 17.3. The summed E-state index contributed by atoms with van der Waals surface area (Å²) in [4.78, 5) is 10.8. The van der Waals surface area contributed by atoms with Crippen LogP contribution in [-0.4, -0.2) is 37.5 Å². The van der Waals surface area contributed by atoms with Crippen LogP contribution in [0.15, 0.2) is 23.1 Å². The molecule has 0 amide bonds. The predicted molar refractivity (Wildman–Crippen MR) is 81.2 cm³/mol. The first-order valence-electron chi connectivity index (χ1n) is 5.82. The summed E-state index contributed by atoms with van der Waals surface area (Å²) in [5.74, 6) is -0.345. The SMILES string of the molecule is CSCCC(C)NS(=O)(=O)c1ccc(C(=O)O)c(Cl)c1. The van der Waals surface area contributed by atoms with Crippen molar-refractivity contribution in [2.75, 3.05) is 12.0 Å². The Morgan fingerprint density at radius 1 is 1.50 bits per heavy atom. The molecule has 1 rings (SSSR count). The minimum Gasteiger partial charge on any atom is -0.478 e. The molecule has 5 nitrogen and oxygen atoms in total. The third-order valence-electron chi connectivity index (χ3n) is 2.59. The fourth-order valence-corrected chi connectivity index (χ4v) is 3.74. The zero-order valence-electron chi connectivity index (χ0n) is 11.1. The highest BCUT2D eigenvalue weighted by atomic mass is 35.5. The number of aromatic carboxylic acids is 1. The number of carboxylic acid groups (broad SMARTS) is 1. The monoisotopic (exact) mass is 337 g/mol. The van der Waals surface area contributed by atoms with Crippen molar-refractivity contribution in [3.8, 4) is 0 Å². The molecule has 1 atom stereocenters. The van der Waals surface area contributed by atoms with Crippen LogP contribution in [0.2, 0.25) is 5.02 Å². The minimum absolute atomic E-state index is 0.0384. The summed E-state index contributed by atoms with van der Waals surface area (Å²) in [6.45, 7) is 1.78. The lowest BCUT2D eigenvalue weighted by Crippen LogP contribution is -2.33. The molecule has 1 unspecified atom stereocenters. The second kappa shape index (κ2) is 7.31. The Hall–Kier alpha value is -0.760. The topological polar surface area (TPSA) is 83.5 Å². The normalized spacial score (nSPS) is 13.2. The van der Waals surface area contributed by atoms with Crippen LogP contribution >= 0.6 is 23.4 Å². The van der Waals surface area contributed by atoms with E-state index in [0.29, 0.717) is 6.42 Å². The third kappa shape index (κ3) is 4.66. The van der Waals surface area contributed by atoms with E-state index in [9.17, 15) is 13.2 Å². The molecule has 2 N–H and O–H groups in total. The largest absolute Gasteiger partial charge is 0.478 e. The molecule has 1 aromatic rings. The molecule has 0 spiro atoms. The van der Waals surface area contributed by atoms with E-state index < -0.39 is 16.0 Å². The number of hydrogen-bond acceptors (Lipinski definition) is 4. The molecule has 8 heteroatoms. The predicted octanol–water partition coefficient (Wildman–Crippen LogP) is 2.46. The summed E-state index contributed by atoms with van der Waals surface area (Å²) in [6, 6.07) is 3.37. The zero-order chi connectivity index (χ0) is 15.3. The number of halogens is 1. The summed E-state index contributed by atoms with van der Waals surface area (Å²) in [5, 5.41) is 8.75. The number of nitrogens with one attached hydrogen (secondary N) is 1. The fraction of sp³-hybridized carbons (Fsp3) is 0.417. The van der Waals surface area contributed by atoms with E-state index in [1.807, 2.05) is 6.26 Å². The Balaban J connectivity index is 2.93. The van der Waals surface area contributed by atoms with Crippen LogP contribution in [0.25, 0.3) is 0 Å². The highest BCUT2D eigenvalue weighted by Gasteiger charge is 2.19. The standard InChI is InChI=1S/C12H16ClNO4S2/c1-8(5-6-19-2)14-20(17,18)9-3-4-10(12(15)16)11(13)7-9/h3-4,7-8,14H,5-6H2,1-2H3,(H,15,16). The van der Waals surface area contributed by atoms with E-state index in [0.717, 1.165) is 11.8 Å². The van der Waals surface area contributed by atoms with Gasteiger partial charge in [-0.15, -0.1) is 0 Å². The summed E-state index contributed by atoms with van der Waals surface area (Å²) in [7, 11) is -3.69. The number of thioether (sulfide) groups is 1. The van der Waals surface area contributed by atoms with Crippen molar-refractivity contribution in [2.24, 2.45) is 0 Å². The van der Waals surface area contributed by atoms with Crippen LogP contribution in [0.3, 0.4) is 0 Å². The molecule has 0 heterocycles. The Labute approximate surface area is 127 Å². The van der Waals surface area contributed by atoms with E-state index in [1.165, 1.54) is 12.1 Å². The van der Waals surface area contributed by atoms with Crippen molar-refractivity contribution in [3.05, 3.63) is 28.8 Å². The van der Waals surface area contributed by atoms with Gasteiger partial charge >= 0.3 is 5.97 Å². The average Bonchev–Trinajstić information content (AvgIpc) is 2.35. The number of carboxylic acids is 1. The molecule has 0 bridgehead atoms. The maximum absolute atomic E-state index is 12.1. The maximum Gasteiger partial charge on any atom is 0.337 e. The number of benzene rings is 1. The van der Waals surface area contributed by atoms with Crippen LogP contribution in [0.4, 0.5) is 0 Å². The molecule has 0 fully saturated rings. The highest BCUT2D eigenvalue weighted by Crippen LogP contribution is 2.21. The maximum atomic E-state index is 12.1. The first-order valence-corrected chi connectivity index (χ1v) is 9.07. The molecule has 1 aromatic carbocycles. The van der Waals surface area contributed by atoms with Gasteiger partial charge in [0.2, 0.25) is 10.0 Å². The highest BCUT2D eigenvalue weighted by molar-refractivity contribution is 7.98. The average molecular weight is 338 g/mol. The molecule has 0 saturated heterocycles. The summed E-state index contributed by atoms with van der Waals surface area (Å²) < 4.78 is 26.8. The zero-order valence-corrected chi connectivity index (χ0v) is 13.5. The summed E-state index contributed by atoms with van der Waals surface area (Å²) in [6.07, 6.45) is 2.66. The van der Waals surface area contributed by atoms with Crippen LogP contribution in [0.5, 0.6) is 0 Å². The van der Waals surface area contributed by atoms with E-state index in [4.69, 9.17) is 16.7 Å². The van der Waals surface area contributed by atoms with Crippen LogP contribution in [0, 0.1) is 0 Å². The molecule has 0 saturated carbocycles. The van der Waals surface area contributed by atoms with Gasteiger partial charge in [0.05, 0.1) is 15.5 Å². The number of hydrogen-bond donors (Lipinski definition) is 2. The van der Waals surface area contributed by atoms with Gasteiger partial charge < -0.3 is 5.11 Å². The lowest BCUT2D eigenvalue weighted by Gasteiger charge is -2.14. The minimum atomic E-state index is -3.69. The lowest BCUT2D eigenvalue weighted by molar-refractivity contribution is 0.0697. The molecule has 0 aliphatic rings. The third-order valence-corrected chi connectivity index (χ3v) is 5.14. The quantitative estimate of drug-likeness (QED) is 0.798. The Bertz CT molecular complexity index is 589. The van der Waals surface area contributed by atoms with Gasteiger partial charge in [-0.1, -0.05) is 11.6 Å². The first-order chi connectivity index (χ1) is 9.27. The molecular formula is C12H16ClNO4S2. The van der Waals surface area contributed by atoms with Crippen molar-refractivity contribution in [3.63, 3.8) is 0 Å². The van der Waals surface area contributed by atoms with Crippen LogP contribution in [0.1, 0.15) is 23.7 Å². The fourth-order valence-electron chi connectivity index (χ4n) is 1.52. The van der Waals surface area contributed by atoms with Crippen molar-refractivity contribution in [2.45, 2.75) is 24.3 Å². The molecular weight excluding hydrogens is 322 g/mol. The Kier molecular flexibility index (Phi) is 6.32. The number of rotatable bonds is 7. The van der Waals surface area contributed by atoms with Crippen molar-refractivity contribution in [1.29, 1.82) is 0 Å². The molecule has 0 aliphatic carbocycles. The second-order valence-corrected chi connectivity index (χ2v) is 7.36. The van der Waals surface area contributed by atoms with Gasteiger partial charge in [-0.25, -0.2) is 17.9 Å². The van der Waals surface area contributed by atoms with Crippen LogP contribution in [-0.2, 0) is 10.0 Å². The van der Waals surface area contributed by atoms with Crippen molar-refractivity contribution < 1.29 is 18.3 Å².